The molecular weight excluding hydrogens is 264 g/mol. The lowest BCUT2D eigenvalue weighted by Gasteiger charge is -2.12. The number of esters is 1. The summed E-state index contributed by atoms with van der Waals surface area (Å²) in [6, 6.07) is 5.88. The Morgan fingerprint density at radius 3 is 2.75 bits per heavy atom. The van der Waals surface area contributed by atoms with Gasteiger partial charge in [-0.3, -0.25) is 19.7 Å². The highest BCUT2D eigenvalue weighted by Crippen LogP contribution is 2.14. The molecule has 20 heavy (non-hydrogen) atoms. The van der Waals surface area contributed by atoms with E-state index in [1.54, 1.807) is 6.07 Å². The molecule has 0 saturated heterocycles. The number of benzene rings is 1. The molecule has 0 bridgehead atoms. The maximum absolute atomic E-state index is 11.7. The van der Waals surface area contributed by atoms with Crippen LogP contribution in [0.25, 0.3) is 6.08 Å². The summed E-state index contributed by atoms with van der Waals surface area (Å²) in [5.74, 6) is -0.925. The number of rotatable bonds is 5. The quantitative estimate of drug-likeness (QED) is 0.350. The highest BCUT2D eigenvalue weighted by molar-refractivity contribution is 5.93. The van der Waals surface area contributed by atoms with Gasteiger partial charge in [0.25, 0.3) is 5.69 Å². The van der Waals surface area contributed by atoms with E-state index in [2.05, 4.69) is 4.74 Å². The number of nitro groups is 1. The van der Waals surface area contributed by atoms with Gasteiger partial charge in [0.1, 0.15) is 6.54 Å². The minimum absolute atomic E-state index is 0.0532. The van der Waals surface area contributed by atoms with E-state index in [0.717, 1.165) is 0 Å². The van der Waals surface area contributed by atoms with Crippen LogP contribution in [0.1, 0.15) is 5.56 Å². The van der Waals surface area contributed by atoms with Crippen molar-refractivity contribution in [1.29, 1.82) is 0 Å². The molecule has 106 valence electrons. The summed E-state index contributed by atoms with van der Waals surface area (Å²) in [6.45, 7) is -0.158. The first kappa shape index (κ1) is 15.4. The third-order valence-electron chi connectivity index (χ3n) is 2.47. The minimum Gasteiger partial charge on any atom is -0.468 e. The van der Waals surface area contributed by atoms with Crippen LogP contribution < -0.4 is 0 Å². The van der Waals surface area contributed by atoms with Crippen molar-refractivity contribution >= 4 is 23.6 Å². The number of likely N-dealkylation sites (N-methyl/N-ethyl adjacent to an activating group) is 1. The smallest absolute Gasteiger partial charge is 0.325 e. The van der Waals surface area contributed by atoms with Gasteiger partial charge in [0.2, 0.25) is 5.91 Å². The molecule has 0 spiro atoms. The Morgan fingerprint density at radius 1 is 1.45 bits per heavy atom. The molecular formula is C13H14N2O5. The molecule has 1 aromatic rings. The molecule has 0 aromatic heterocycles. The molecule has 0 heterocycles. The fourth-order valence-electron chi connectivity index (χ4n) is 1.37. The van der Waals surface area contributed by atoms with Gasteiger partial charge in [-0.15, -0.1) is 0 Å². The van der Waals surface area contributed by atoms with E-state index >= 15 is 0 Å². The van der Waals surface area contributed by atoms with E-state index in [1.807, 2.05) is 0 Å². The molecule has 7 nitrogen and oxygen atoms in total. The third-order valence-corrected chi connectivity index (χ3v) is 2.47. The summed E-state index contributed by atoms with van der Waals surface area (Å²) in [5, 5.41) is 10.6. The topological polar surface area (TPSA) is 89.8 Å². The number of ether oxygens (including phenoxy) is 1. The lowest BCUT2D eigenvalue weighted by molar-refractivity contribution is -0.384. The zero-order valence-electron chi connectivity index (χ0n) is 11.1. The van der Waals surface area contributed by atoms with Gasteiger partial charge < -0.3 is 9.64 Å². The Morgan fingerprint density at radius 2 is 2.15 bits per heavy atom. The van der Waals surface area contributed by atoms with Crippen molar-refractivity contribution < 1.29 is 19.2 Å². The third kappa shape index (κ3) is 4.52. The van der Waals surface area contributed by atoms with E-state index in [0.29, 0.717) is 5.56 Å². The van der Waals surface area contributed by atoms with E-state index in [4.69, 9.17) is 0 Å². The fourth-order valence-corrected chi connectivity index (χ4v) is 1.37. The lowest BCUT2D eigenvalue weighted by Crippen LogP contribution is -2.31. The predicted octanol–water partition coefficient (Wildman–Crippen LogP) is 1.24. The number of methoxy groups -OCH3 is 1. The predicted molar refractivity (Wildman–Crippen MR) is 71.8 cm³/mol. The Balaban J connectivity index is 2.72. The number of amides is 1. The van der Waals surface area contributed by atoms with Gasteiger partial charge in [-0.1, -0.05) is 12.1 Å². The number of nitro benzene ring substituents is 1. The van der Waals surface area contributed by atoms with Crippen molar-refractivity contribution in [3.8, 4) is 0 Å². The van der Waals surface area contributed by atoms with Gasteiger partial charge in [-0.25, -0.2) is 0 Å². The molecule has 0 N–H and O–H groups in total. The Hall–Kier alpha value is -2.70. The molecule has 7 heteroatoms. The Bertz CT molecular complexity index is 553. The number of hydrogen-bond acceptors (Lipinski definition) is 5. The second-order valence-electron chi connectivity index (χ2n) is 3.96. The fraction of sp³-hybridized carbons (Fsp3) is 0.231. The van der Waals surface area contributed by atoms with Gasteiger partial charge in [0, 0.05) is 25.3 Å². The largest absolute Gasteiger partial charge is 0.468 e. The normalized spacial score (nSPS) is 10.3. The maximum atomic E-state index is 11.7. The molecule has 0 saturated carbocycles. The Kier molecular flexibility index (Phi) is 5.40. The van der Waals surface area contributed by atoms with Crippen LogP contribution in [-0.4, -0.2) is 42.4 Å². The summed E-state index contributed by atoms with van der Waals surface area (Å²) in [6.07, 6.45) is 2.69. The van der Waals surface area contributed by atoms with Gasteiger partial charge in [0.05, 0.1) is 12.0 Å². The van der Waals surface area contributed by atoms with Crippen molar-refractivity contribution in [2.45, 2.75) is 0 Å². The van der Waals surface area contributed by atoms with Crippen molar-refractivity contribution in [2.24, 2.45) is 0 Å². The molecule has 1 amide bonds. The molecule has 0 unspecified atom stereocenters. The van der Waals surface area contributed by atoms with E-state index in [-0.39, 0.29) is 12.2 Å². The number of nitrogens with zero attached hydrogens (tertiary/aromatic N) is 2. The van der Waals surface area contributed by atoms with Crippen LogP contribution in [0.2, 0.25) is 0 Å². The van der Waals surface area contributed by atoms with Gasteiger partial charge in [-0.05, 0) is 11.6 Å². The first-order valence-electron chi connectivity index (χ1n) is 5.68. The number of carbonyl (C=O) groups excluding carboxylic acids is 2. The second kappa shape index (κ2) is 7.03. The minimum atomic E-state index is -0.524. The first-order chi connectivity index (χ1) is 9.43. The highest BCUT2D eigenvalue weighted by atomic mass is 16.6. The first-order valence-corrected chi connectivity index (χ1v) is 5.68. The van der Waals surface area contributed by atoms with Crippen molar-refractivity contribution in [3.05, 3.63) is 46.0 Å². The number of carbonyl (C=O) groups is 2. The SMILES string of the molecule is COC(=O)CN(C)C(=O)/C=C/c1cccc([N+](=O)[O-])c1. The van der Waals surface area contributed by atoms with Crippen molar-refractivity contribution in [1.82, 2.24) is 4.90 Å². The molecule has 0 aliphatic carbocycles. The average Bonchev–Trinajstić information content (AvgIpc) is 2.44. The monoisotopic (exact) mass is 278 g/mol. The summed E-state index contributed by atoms with van der Waals surface area (Å²) in [4.78, 5) is 34.0. The zero-order valence-corrected chi connectivity index (χ0v) is 11.1. The zero-order chi connectivity index (χ0) is 15.1. The molecule has 0 fully saturated rings. The molecule has 0 aliphatic rings. The number of non-ortho nitro benzene ring substituents is 1. The standard InChI is InChI=1S/C13H14N2O5/c1-14(9-13(17)20-2)12(16)7-6-10-4-3-5-11(8-10)15(18)19/h3-8H,9H2,1-2H3/b7-6+. The highest BCUT2D eigenvalue weighted by Gasteiger charge is 2.10. The lowest BCUT2D eigenvalue weighted by atomic mass is 10.2. The Labute approximate surface area is 115 Å². The van der Waals surface area contributed by atoms with Crippen LogP contribution in [0, 0.1) is 10.1 Å². The van der Waals surface area contributed by atoms with Crippen molar-refractivity contribution in [3.63, 3.8) is 0 Å². The van der Waals surface area contributed by atoms with Crippen LogP contribution in [0.5, 0.6) is 0 Å². The van der Waals surface area contributed by atoms with Crippen LogP contribution in [0.15, 0.2) is 30.3 Å². The van der Waals surface area contributed by atoms with Crippen LogP contribution >= 0.6 is 0 Å². The number of hydrogen-bond donors (Lipinski definition) is 0. The van der Waals surface area contributed by atoms with E-state index < -0.39 is 16.8 Å². The van der Waals surface area contributed by atoms with Crippen LogP contribution in [-0.2, 0) is 14.3 Å². The van der Waals surface area contributed by atoms with Gasteiger partial charge in [-0.2, -0.15) is 0 Å². The molecule has 0 atom stereocenters. The summed E-state index contributed by atoms with van der Waals surface area (Å²) in [5.41, 5.74) is 0.474. The van der Waals surface area contributed by atoms with E-state index in [1.165, 1.54) is 49.4 Å². The van der Waals surface area contributed by atoms with Crippen molar-refractivity contribution in [2.75, 3.05) is 20.7 Å². The molecule has 0 radical (unpaired) electrons. The average molecular weight is 278 g/mol. The summed E-state index contributed by atoms with van der Waals surface area (Å²) < 4.78 is 4.44. The van der Waals surface area contributed by atoms with Crippen LogP contribution in [0.3, 0.4) is 0 Å². The van der Waals surface area contributed by atoms with E-state index in [9.17, 15) is 19.7 Å². The molecule has 1 rings (SSSR count). The van der Waals surface area contributed by atoms with Gasteiger partial charge >= 0.3 is 5.97 Å². The van der Waals surface area contributed by atoms with Crippen LogP contribution in [0.4, 0.5) is 5.69 Å². The second-order valence-corrected chi connectivity index (χ2v) is 3.96. The summed E-state index contributed by atoms with van der Waals surface area (Å²) in [7, 11) is 2.69. The molecule has 0 aliphatic heterocycles. The maximum Gasteiger partial charge on any atom is 0.325 e. The van der Waals surface area contributed by atoms with Gasteiger partial charge in [0.15, 0.2) is 0 Å². The summed E-state index contributed by atoms with van der Waals surface area (Å²) >= 11 is 0. The molecule has 1 aromatic carbocycles.